The SMILES string of the molecule is Cc1cc(C)cc(C(C)N2CC(C(N)=O)CC2=O)c1. The van der Waals surface area contributed by atoms with Crippen molar-refractivity contribution < 1.29 is 9.59 Å². The molecule has 19 heavy (non-hydrogen) atoms. The van der Waals surface area contributed by atoms with E-state index in [9.17, 15) is 9.59 Å². The maximum Gasteiger partial charge on any atom is 0.223 e. The number of carbonyl (C=O) groups excluding carboxylic acids is 2. The second kappa shape index (κ2) is 5.03. The van der Waals surface area contributed by atoms with Crippen LogP contribution in [-0.2, 0) is 9.59 Å². The predicted molar refractivity (Wildman–Crippen MR) is 73.3 cm³/mol. The van der Waals surface area contributed by atoms with E-state index in [0.717, 1.165) is 5.56 Å². The van der Waals surface area contributed by atoms with Gasteiger partial charge in [0.15, 0.2) is 0 Å². The van der Waals surface area contributed by atoms with Crippen molar-refractivity contribution in [2.75, 3.05) is 6.54 Å². The molecule has 1 fully saturated rings. The zero-order valence-electron chi connectivity index (χ0n) is 11.6. The predicted octanol–water partition coefficient (Wildman–Crippen LogP) is 1.70. The molecule has 2 atom stereocenters. The van der Waals surface area contributed by atoms with Crippen LogP contribution in [0.1, 0.15) is 36.1 Å². The van der Waals surface area contributed by atoms with E-state index in [-0.39, 0.29) is 30.2 Å². The Morgan fingerprint density at radius 3 is 2.37 bits per heavy atom. The zero-order valence-corrected chi connectivity index (χ0v) is 11.6. The number of rotatable bonds is 3. The van der Waals surface area contributed by atoms with E-state index in [2.05, 4.69) is 18.2 Å². The summed E-state index contributed by atoms with van der Waals surface area (Å²) in [5, 5.41) is 0. The number of hydrogen-bond acceptors (Lipinski definition) is 2. The summed E-state index contributed by atoms with van der Waals surface area (Å²) in [4.78, 5) is 24.9. The number of benzene rings is 1. The molecule has 1 aliphatic rings. The van der Waals surface area contributed by atoms with Crippen LogP contribution < -0.4 is 5.73 Å². The number of carbonyl (C=O) groups is 2. The van der Waals surface area contributed by atoms with Crippen LogP contribution in [0.15, 0.2) is 18.2 Å². The van der Waals surface area contributed by atoms with Crippen molar-refractivity contribution in [2.24, 2.45) is 11.7 Å². The summed E-state index contributed by atoms with van der Waals surface area (Å²) < 4.78 is 0. The molecule has 0 spiro atoms. The minimum absolute atomic E-state index is 0.00968. The van der Waals surface area contributed by atoms with E-state index in [1.807, 2.05) is 20.8 Å². The van der Waals surface area contributed by atoms with Gasteiger partial charge in [0.25, 0.3) is 0 Å². The summed E-state index contributed by atoms with van der Waals surface area (Å²) in [6.45, 7) is 6.51. The van der Waals surface area contributed by atoms with E-state index in [1.54, 1.807) is 4.90 Å². The molecule has 0 radical (unpaired) electrons. The smallest absolute Gasteiger partial charge is 0.223 e. The highest BCUT2D eigenvalue weighted by atomic mass is 16.2. The number of nitrogens with two attached hydrogens (primary N) is 1. The van der Waals surface area contributed by atoms with Crippen molar-refractivity contribution in [3.8, 4) is 0 Å². The number of nitrogens with zero attached hydrogens (tertiary/aromatic N) is 1. The fraction of sp³-hybridized carbons (Fsp3) is 0.467. The highest BCUT2D eigenvalue weighted by Crippen LogP contribution is 2.29. The molecule has 0 aromatic heterocycles. The number of likely N-dealkylation sites (tertiary alicyclic amines) is 1. The Kier molecular flexibility index (Phi) is 3.60. The van der Waals surface area contributed by atoms with Gasteiger partial charge < -0.3 is 10.6 Å². The summed E-state index contributed by atoms with van der Waals surface area (Å²) in [6.07, 6.45) is 0.241. The second-order valence-electron chi connectivity index (χ2n) is 5.45. The Balaban J connectivity index is 2.22. The molecular formula is C15H20N2O2. The number of amides is 2. The van der Waals surface area contributed by atoms with Gasteiger partial charge in [-0.05, 0) is 26.3 Å². The van der Waals surface area contributed by atoms with E-state index < -0.39 is 0 Å². The summed E-state index contributed by atoms with van der Waals surface area (Å²) in [5.41, 5.74) is 8.76. The Bertz CT molecular complexity index is 505. The van der Waals surface area contributed by atoms with E-state index in [4.69, 9.17) is 5.73 Å². The normalized spacial score (nSPS) is 20.7. The monoisotopic (exact) mass is 260 g/mol. The van der Waals surface area contributed by atoms with Gasteiger partial charge in [0.2, 0.25) is 11.8 Å². The van der Waals surface area contributed by atoms with Crippen LogP contribution in [0.3, 0.4) is 0 Å². The lowest BCUT2D eigenvalue weighted by atomic mass is 10.0. The highest BCUT2D eigenvalue weighted by molar-refractivity contribution is 5.88. The molecule has 102 valence electrons. The quantitative estimate of drug-likeness (QED) is 0.899. The molecule has 0 bridgehead atoms. The first-order chi connectivity index (χ1) is 8.88. The largest absolute Gasteiger partial charge is 0.369 e. The molecule has 1 aromatic carbocycles. The highest BCUT2D eigenvalue weighted by Gasteiger charge is 2.35. The molecule has 2 N–H and O–H groups in total. The number of hydrogen-bond donors (Lipinski definition) is 1. The fourth-order valence-corrected chi connectivity index (χ4v) is 2.73. The Hall–Kier alpha value is -1.84. The third-order valence-electron chi connectivity index (χ3n) is 3.75. The first kappa shape index (κ1) is 13.6. The van der Waals surface area contributed by atoms with Crippen LogP contribution in [0, 0.1) is 19.8 Å². The molecular weight excluding hydrogens is 240 g/mol. The average Bonchev–Trinajstić information content (AvgIpc) is 2.69. The molecule has 2 unspecified atom stereocenters. The van der Waals surface area contributed by atoms with Gasteiger partial charge in [-0.2, -0.15) is 0 Å². The Labute approximate surface area is 113 Å². The lowest BCUT2D eigenvalue weighted by molar-refractivity contribution is -0.130. The lowest BCUT2D eigenvalue weighted by Crippen LogP contribution is -2.30. The standard InChI is InChI=1S/C15H20N2O2/c1-9-4-10(2)6-12(5-9)11(3)17-8-13(15(16)19)7-14(17)18/h4-6,11,13H,7-8H2,1-3H3,(H2,16,19). The van der Waals surface area contributed by atoms with Gasteiger partial charge in [0, 0.05) is 13.0 Å². The summed E-state index contributed by atoms with van der Waals surface area (Å²) >= 11 is 0. The van der Waals surface area contributed by atoms with Crippen LogP contribution in [0.4, 0.5) is 0 Å². The lowest BCUT2D eigenvalue weighted by Gasteiger charge is -2.25. The first-order valence-corrected chi connectivity index (χ1v) is 6.55. The molecule has 1 aromatic rings. The van der Waals surface area contributed by atoms with Crippen molar-refractivity contribution >= 4 is 11.8 Å². The third kappa shape index (κ3) is 2.78. The van der Waals surface area contributed by atoms with Crippen molar-refractivity contribution in [1.29, 1.82) is 0 Å². The van der Waals surface area contributed by atoms with Crippen molar-refractivity contribution in [3.63, 3.8) is 0 Å². The van der Waals surface area contributed by atoms with Crippen molar-refractivity contribution in [1.82, 2.24) is 4.90 Å². The van der Waals surface area contributed by atoms with Gasteiger partial charge in [-0.3, -0.25) is 9.59 Å². The van der Waals surface area contributed by atoms with Crippen LogP contribution in [0.25, 0.3) is 0 Å². The molecule has 2 rings (SSSR count). The third-order valence-corrected chi connectivity index (χ3v) is 3.75. The van der Waals surface area contributed by atoms with E-state index in [1.165, 1.54) is 11.1 Å². The van der Waals surface area contributed by atoms with Crippen molar-refractivity contribution in [2.45, 2.75) is 33.2 Å². The van der Waals surface area contributed by atoms with Crippen LogP contribution in [0.2, 0.25) is 0 Å². The molecule has 4 nitrogen and oxygen atoms in total. The summed E-state index contributed by atoms with van der Waals surface area (Å²) in [6, 6.07) is 6.26. The molecule has 1 saturated heterocycles. The van der Waals surface area contributed by atoms with Gasteiger partial charge in [-0.25, -0.2) is 0 Å². The number of aryl methyl sites for hydroxylation is 2. The fourth-order valence-electron chi connectivity index (χ4n) is 2.73. The minimum Gasteiger partial charge on any atom is -0.369 e. The second-order valence-corrected chi connectivity index (χ2v) is 5.45. The zero-order chi connectivity index (χ0) is 14.2. The maximum absolute atomic E-state index is 12.0. The van der Waals surface area contributed by atoms with E-state index in [0.29, 0.717) is 6.54 Å². The number of primary amides is 1. The van der Waals surface area contributed by atoms with Crippen LogP contribution in [-0.4, -0.2) is 23.3 Å². The van der Waals surface area contributed by atoms with Gasteiger partial charge >= 0.3 is 0 Å². The van der Waals surface area contributed by atoms with Gasteiger partial charge in [0.1, 0.15) is 0 Å². The average molecular weight is 260 g/mol. The molecule has 1 heterocycles. The van der Waals surface area contributed by atoms with Gasteiger partial charge in [0.05, 0.1) is 12.0 Å². The minimum atomic E-state index is -0.386. The molecule has 2 amide bonds. The van der Waals surface area contributed by atoms with Crippen LogP contribution >= 0.6 is 0 Å². The van der Waals surface area contributed by atoms with E-state index >= 15 is 0 Å². The molecule has 0 saturated carbocycles. The molecule has 4 heteroatoms. The topological polar surface area (TPSA) is 63.4 Å². The van der Waals surface area contributed by atoms with Gasteiger partial charge in [-0.15, -0.1) is 0 Å². The Morgan fingerprint density at radius 1 is 1.32 bits per heavy atom. The van der Waals surface area contributed by atoms with Crippen LogP contribution in [0.5, 0.6) is 0 Å². The molecule has 1 aliphatic heterocycles. The van der Waals surface area contributed by atoms with Crippen molar-refractivity contribution in [3.05, 3.63) is 34.9 Å². The Morgan fingerprint density at radius 2 is 1.89 bits per heavy atom. The first-order valence-electron chi connectivity index (χ1n) is 6.55. The summed E-state index contributed by atoms with van der Waals surface area (Å²) in [7, 11) is 0. The molecule has 0 aliphatic carbocycles. The van der Waals surface area contributed by atoms with Gasteiger partial charge in [-0.1, -0.05) is 29.3 Å². The summed E-state index contributed by atoms with van der Waals surface area (Å²) in [5.74, 6) is -0.722. The maximum atomic E-state index is 12.0.